The maximum Gasteiger partial charge on any atom is 0.192 e. The number of hydrogen-bond acceptors (Lipinski definition) is 5. The second-order valence-electron chi connectivity index (χ2n) is 7.01. The van der Waals surface area contributed by atoms with Crippen molar-refractivity contribution in [2.75, 3.05) is 12.4 Å². The summed E-state index contributed by atoms with van der Waals surface area (Å²) in [4.78, 5) is 14.4. The Balaban J connectivity index is 1.72. The number of ether oxygens (including phenoxy) is 1. The summed E-state index contributed by atoms with van der Waals surface area (Å²) in [6.45, 7) is 0. The predicted octanol–water partition coefficient (Wildman–Crippen LogP) is 5.14. The van der Waals surface area contributed by atoms with Crippen LogP contribution in [0.15, 0.2) is 81.9 Å². The average molecular weight is 389 g/mol. The van der Waals surface area contributed by atoms with Gasteiger partial charge in [-0.1, -0.05) is 24.3 Å². The van der Waals surface area contributed by atoms with Gasteiger partial charge in [0.15, 0.2) is 5.78 Å². The van der Waals surface area contributed by atoms with Gasteiger partial charge in [0.25, 0.3) is 0 Å². The molecule has 4 nitrogen and oxygen atoms in total. The van der Waals surface area contributed by atoms with Crippen molar-refractivity contribution in [3.8, 4) is 11.5 Å². The van der Waals surface area contributed by atoms with Gasteiger partial charge in [-0.15, -0.1) is 11.8 Å². The minimum atomic E-state index is -0.220. The Morgan fingerprint density at radius 2 is 1.93 bits per heavy atom. The number of carbonyl (C=O) groups excluding carboxylic acids is 1. The van der Waals surface area contributed by atoms with Gasteiger partial charge in [-0.3, -0.25) is 4.79 Å². The lowest BCUT2D eigenvalue weighted by molar-refractivity contribution is -0.111. The van der Waals surface area contributed by atoms with Crippen molar-refractivity contribution in [2.24, 2.45) is 0 Å². The Morgan fingerprint density at radius 3 is 2.71 bits per heavy atom. The number of benzene rings is 2. The number of fused-ring (bicyclic) bond motifs is 3. The highest BCUT2D eigenvalue weighted by molar-refractivity contribution is 8.00. The molecule has 1 heterocycles. The minimum Gasteiger partial charge on any atom is -0.508 e. The molecule has 5 heteroatoms. The fraction of sp³-hybridized carbons (Fsp3) is 0.174. The Morgan fingerprint density at radius 1 is 1.11 bits per heavy atom. The molecule has 0 fully saturated rings. The smallest absolute Gasteiger partial charge is 0.192 e. The van der Waals surface area contributed by atoms with E-state index in [2.05, 4.69) is 11.4 Å². The quantitative estimate of drug-likeness (QED) is 0.744. The number of carbonyl (C=O) groups is 1. The third-order valence-electron chi connectivity index (χ3n) is 5.31. The molecule has 3 aliphatic rings. The van der Waals surface area contributed by atoms with Gasteiger partial charge in [0.05, 0.1) is 23.7 Å². The number of methoxy groups -OCH3 is 1. The number of Topliss-reactive ketones (excluding diaryl/α,β-unsaturated/α-hetero) is 1. The van der Waals surface area contributed by atoms with Crippen LogP contribution in [0.1, 0.15) is 23.7 Å². The summed E-state index contributed by atoms with van der Waals surface area (Å²) in [6, 6.07) is 13.1. The molecule has 2 aromatic rings. The summed E-state index contributed by atoms with van der Waals surface area (Å²) in [7, 11) is 1.65. The molecule has 1 aliphatic heterocycles. The van der Waals surface area contributed by atoms with Gasteiger partial charge >= 0.3 is 0 Å². The lowest BCUT2D eigenvalue weighted by Gasteiger charge is -2.18. The van der Waals surface area contributed by atoms with E-state index in [0.29, 0.717) is 0 Å². The SMILES string of the molecule is COc1ccc2c(c1)SC(c1cccc(O)c1)C1=C(N2)C2=CCCC=C2C1=O. The van der Waals surface area contributed by atoms with Gasteiger partial charge in [0.2, 0.25) is 0 Å². The number of anilines is 1. The van der Waals surface area contributed by atoms with E-state index in [1.807, 2.05) is 36.4 Å². The zero-order valence-corrected chi connectivity index (χ0v) is 16.2. The minimum absolute atomic E-state index is 0.0778. The Labute approximate surface area is 167 Å². The molecule has 2 aliphatic carbocycles. The zero-order chi connectivity index (χ0) is 19.3. The molecule has 2 aromatic carbocycles. The van der Waals surface area contributed by atoms with E-state index in [1.54, 1.807) is 31.0 Å². The highest BCUT2D eigenvalue weighted by Gasteiger charge is 2.40. The van der Waals surface area contributed by atoms with Crippen molar-refractivity contribution in [1.29, 1.82) is 0 Å². The number of phenols is 1. The molecule has 0 bridgehead atoms. The van der Waals surface area contributed by atoms with Gasteiger partial charge in [-0.2, -0.15) is 0 Å². The van der Waals surface area contributed by atoms with Crippen molar-refractivity contribution in [2.45, 2.75) is 23.0 Å². The third-order valence-corrected chi connectivity index (χ3v) is 6.65. The number of thioether (sulfide) groups is 1. The first-order chi connectivity index (χ1) is 13.7. The second kappa shape index (κ2) is 6.60. The second-order valence-corrected chi connectivity index (χ2v) is 8.16. The van der Waals surface area contributed by atoms with Crippen molar-refractivity contribution in [3.63, 3.8) is 0 Å². The van der Waals surface area contributed by atoms with E-state index < -0.39 is 0 Å². The number of rotatable bonds is 2. The van der Waals surface area contributed by atoms with Crippen LogP contribution in [0.4, 0.5) is 5.69 Å². The Kier molecular flexibility index (Phi) is 4.05. The predicted molar refractivity (Wildman–Crippen MR) is 111 cm³/mol. The molecular weight excluding hydrogens is 370 g/mol. The molecule has 0 amide bonds. The van der Waals surface area contributed by atoms with Gasteiger partial charge in [-0.05, 0) is 48.7 Å². The van der Waals surface area contributed by atoms with Gasteiger partial charge in [-0.25, -0.2) is 0 Å². The number of aromatic hydroxyl groups is 1. The van der Waals surface area contributed by atoms with Crippen LogP contribution < -0.4 is 10.1 Å². The zero-order valence-electron chi connectivity index (χ0n) is 15.4. The number of nitrogens with one attached hydrogen (secondary N) is 1. The van der Waals surface area contributed by atoms with Gasteiger partial charge in [0, 0.05) is 21.6 Å². The van der Waals surface area contributed by atoms with E-state index in [9.17, 15) is 9.90 Å². The van der Waals surface area contributed by atoms with Crippen LogP contribution >= 0.6 is 11.8 Å². The molecule has 28 heavy (non-hydrogen) atoms. The summed E-state index contributed by atoms with van der Waals surface area (Å²) in [5, 5.41) is 13.3. The fourth-order valence-electron chi connectivity index (χ4n) is 3.99. The van der Waals surface area contributed by atoms with Crippen LogP contribution in [0.5, 0.6) is 11.5 Å². The van der Waals surface area contributed by atoms with E-state index >= 15 is 0 Å². The summed E-state index contributed by atoms with van der Waals surface area (Å²) in [5.74, 6) is 1.05. The maximum absolute atomic E-state index is 13.4. The lowest BCUT2D eigenvalue weighted by Crippen LogP contribution is -2.08. The number of hydrogen-bond donors (Lipinski definition) is 2. The van der Waals surface area contributed by atoms with Gasteiger partial charge < -0.3 is 15.2 Å². The molecule has 1 unspecified atom stereocenters. The van der Waals surface area contributed by atoms with Crippen LogP contribution in [-0.2, 0) is 4.79 Å². The first-order valence-corrected chi connectivity index (χ1v) is 10.1. The molecule has 140 valence electrons. The van der Waals surface area contributed by atoms with Crippen LogP contribution in [0, 0.1) is 0 Å². The fourth-order valence-corrected chi connectivity index (χ4v) is 5.30. The molecule has 2 N–H and O–H groups in total. The topological polar surface area (TPSA) is 58.6 Å². The molecule has 1 atom stereocenters. The number of ketones is 1. The van der Waals surface area contributed by atoms with Crippen LogP contribution in [0.25, 0.3) is 0 Å². The molecule has 0 saturated heterocycles. The summed E-state index contributed by atoms with van der Waals surface area (Å²) >= 11 is 1.61. The van der Waals surface area contributed by atoms with E-state index in [-0.39, 0.29) is 16.8 Å². The first kappa shape index (κ1) is 17.2. The molecule has 5 rings (SSSR count). The Hall–Kier alpha value is -2.92. The van der Waals surface area contributed by atoms with Crippen molar-refractivity contribution in [1.82, 2.24) is 0 Å². The van der Waals surface area contributed by atoms with Crippen LogP contribution in [0.3, 0.4) is 0 Å². The molecule has 0 radical (unpaired) electrons. The standard InChI is InChI=1S/C23H19NO3S/c1-27-15-9-10-18-19(12-15)28-23(13-5-4-6-14(25)11-13)20-21(24-18)16-7-2-3-8-17(16)22(20)26/h4-12,23-25H,2-3H2,1H3. The van der Waals surface area contributed by atoms with Crippen molar-refractivity contribution < 1.29 is 14.6 Å². The van der Waals surface area contributed by atoms with Crippen molar-refractivity contribution >= 4 is 23.2 Å². The number of allylic oxidation sites excluding steroid dienone is 3. The van der Waals surface area contributed by atoms with Crippen molar-refractivity contribution in [3.05, 3.63) is 82.6 Å². The Bertz CT molecular complexity index is 1100. The normalized spacial score (nSPS) is 20.3. The summed E-state index contributed by atoms with van der Waals surface area (Å²) < 4.78 is 5.40. The average Bonchev–Trinajstić information content (AvgIpc) is 2.88. The van der Waals surface area contributed by atoms with E-state index in [0.717, 1.165) is 57.2 Å². The van der Waals surface area contributed by atoms with E-state index in [4.69, 9.17) is 4.74 Å². The number of phenolic OH excluding ortho intramolecular Hbond substituents is 1. The summed E-state index contributed by atoms with van der Waals surface area (Å²) in [5.41, 5.74) is 5.31. The van der Waals surface area contributed by atoms with Crippen LogP contribution in [0.2, 0.25) is 0 Å². The molecular formula is C23H19NO3S. The lowest BCUT2D eigenvalue weighted by atomic mass is 9.97. The molecule has 0 aromatic heterocycles. The van der Waals surface area contributed by atoms with E-state index in [1.165, 1.54) is 0 Å². The maximum atomic E-state index is 13.4. The largest absolute Gasteiger partial charge is 0.508 e. The highest BCUT2D eigenvalue weighted by atomic mass is 32.2. The highest BCUT2D eigenvalue weighted by Crippen LogP contribution is 2.53. The monoisotopic (exact) mass is 389 g/mol. The summed E-state index contributed by atoms with van der Waals surface area (Å²) in [6.07, 6.45) is 6.03. The first-order valence-electron chi connectivity index (χ1n) is 9.26. The molecule has 0 saturated carbocycles. The van der Waals surface area contributed by atoms with Gasteiger partial charge in [0.1, 0.15) is 11.5 Å². The third kappa shape index (κ3) is 2.66. The molecule has 0 spiro atoms. The van der Waals surface area contributed by atoms with Crippen LogP contribution in [-0.4, -0.2) is 18.0 Å².